The Kier molecular flexibility index (Phi) is 11.1. The third-order valence-electron chi connectivity index (χ3n) is 8.87. The quantitative estimate of drug-likeness (QED) is 0.197. The first kappa shape index (κ1) is 35.1. The topological polar surface area (TPSA) is 69.7 Å². The SMILES string of the molecule is CCC.CN(C)C(=O)CN1/C(=C/C=C(/C=C/C2=[N+](CC(N)=O)c3ccccc3C2(C)C)Cc2ccccc2)C(C)(C)c2ccccc21. The normalized spacial score (nSPS) is 17.0. The van der Waals surface area contributed by atoms with E-state index in [0.717, 1.165) is 34.8 Å². The van der Waals surface area contributed by atoms with E-state index in [0.29, 0.717) is 0 Å². The van der Waals surface area contributed by atoms with Crippen LogP contribution in [-0.4, -0.2) is 54.2 Å². The minimum absolute atomic E-state index is 0.0470. The zero-order chi connectivity index (χ0) is 34.4. The number of nitrogens with two attached hydrogens (primary N) is 1. The highest BCUT2D eigenvalue weighted by atomic mass is 16.2. The molecule has 2 aliphatic heterocycles. The molecule has 47 heavy (non-hydrogen) atoms. The molecule has 0 atom stereocenters. The molecule has 6 nitrogen and oxygen atoms in total. The predicted molar refractivity (Wildman–Crippen MR) is 195 cm³/mol. The number of anilines is 1. The number of carbonyl (C=O) groups is 2. The van der Waals surface area contributed by atoms with Crippen molar-refractivity contribution in [2.75, 3.05) is 32.1 Å². The number of hydrogen-bond donors (Lipinski definition) is 1. The second-order valence-electron chi connectivity index (χ2n) is 13.6. The largest absolute Gasteiger partial charge is 0.364 e. The van der Waals surface area contributed by atoms with Crippen molar-refractivity contribution in [2.24, 2.45) is 5.73 Å². The van der Waals surface area contributed by atoms with Gasteiger partial charge in [-0.25, -0.2) is 0 Å². The average Bonchev–Trinajstić information content (AvgIpc) is 3.37. The summed E-state index contributed by atoms with van der Waals surface area (Å²) >= 11 is 0. The van der Waals surface area contributed by atoms with Crippen molar-refractivity contribution in [3.05, 3.63) is 131 Å². The predicted octanol–water partition coefficient (Wildman–Crippen LogP) is 7.46. The first-order valence-corrected chi connectivity index (χ1v) is 16.6. The van der Waals surface area contributed by atoms with Crippen LogP contribution < -0.4 is 10.6 Å². The van der Waals surface area contributed by atoms with Crippen LogP contribution in [0, 0.1) is 0 Å². The smallest absolute Gasteiger partial charge is 0.283 e. The van der Waals surface area contributed by atoms with Crippen LogP contribution >= 0.6 is 0 Å². The molecule has 3 aromatic rings. The molecule has 2 aliphatic rings. The molecular formula is C41H51N4O2+. The van der Waals surface area contributed by atoms with Gasteiger partial charge in [-0.1, -0.05) is 113 Å². The van der Waals surface area contributed by atoms with Crippen molar-refractivity contribution in [3.63, 3.8) is 0 Å². The number of amides is 2. The molecule has 0 bridgehead atoms. The van der Waals surface area contributed by atoms with E-state index in [1.165, 1.54) is 23.1 Å². The summed E-state index contributed by atoms with van der Waals surface area (Å²) in [7, 11) is 3.59. The number of likely N-dealkylation sites (N-methyl/N-ethyl adjacent to an activating group) is 1. The van der Waals surface area contributed by atoms with Crippen molar-refractivity contribution in [3.8, 4) is 0 Å². The van der Waals surface area contributed by atoms with Gasteiger partial charge in [-0.15, -0.1) is 0 Å². The summed E-state index contributed by atoms with van der Waals surface area (Å²) in [6.45, 7) is 13.4. The number of hydrogen-bond acceptors (Lipinski definition) is 3. The van der Waals surface area contributed by atoms with Crippen LogP contribution in [0.2, 0.25) is 0 Å². The van der Waals surface area contributed by atoms with Gasteiger partial charge in [-0.05, 0) is 49.1 Å². The minimum atomic E-state index is -0.372. The third kappa shape index (κ3) is 7.65. The summed E-state index contributed by atoms with van der Waals surface area (Å²) < 4.78 is 2.04. The van der Waals surface area contributed by atoms with Crippen LogP contribution in [0.5, 0.6) is 0 Å². The molecule has 0 aromatic heterocycles. The van der Waals surface area contributed by atoms with E-state index in [4.69, 9.17) is 5.73 Å². The monoisotopic (exact) mass is 631 g/mol. The third-order valence-corrected chi connectivity index (χ3v) is 8.87. The fourth-order valence-electron chi connectivity index (χ4n) is 6.43. The van der Waals surface area contributed by atoms with Crippen LogP contribution in [0.4, 0.5) is 11.4 Å². The lowest BCUT2D eigenvalue weighted by Gasteiger charge is -2.27. The molecule has 3 aromatic carbocycles. The van der Waals surface area contributed by atoms with E-state index < -0.39 is 0 Å². The molecule has 0 spiro atoms. The Hall–Kier alpha value is -4.71. The minimum Gasteiger partial charge on any atom is -0.364 e. The lowest BCUT2D eigenvalue weighted by Crippen LogP contribution is -2.36. The van der Waals surface area contributed by atoms with Gasteiger partial charge in [0.1, 0.15) is 6.54 Å². The summed E-state index contributed by atoms with van der Waals surface area (Å²) in [6, 6.07) is 27.0. The van der Waals surface area contributed by atoms with Crippen LogP contribution in [0.1, 0.15) is 64.7 Å². The number of carbonyl (C=O) groups excluding carboxylic acids is 2. The van der Waals surface area contributed by atoms with Crippen molar-refractivity contribution >= 4 is 28.9 Å². The lowest BCUT2D eigenvalue weighted by atomic mass is 9.81. The first-order valence-electron chi connectivity index (χ1n) is 16.6. The molecular weight excluding hydrogens is 580 g/mol. The summed E-state index contributed by atoms with van der Waals surface area (Å²) in [4.78, 5) is 28.9. The number of nitrogens with zero attached hydrogens (tertiary/aromatic N) is 3. The van der Waals surface area contributed by atoms with Gasteiger partial charge in [-0.3, -0.25) is 9.59 Å². The van der Waals surface area contributed by atoms with Gasteiger partial charge in [0.05, 0.1) is 5.41 Å². The maximum Gasteiger partial charge on any atom is 0.283 e. The molecule has 0 saturated carbocycles. The lowest BCUT2D eigenvalue weighted by molar-refractivity contribution is -0.424. The molecule has 2 heterocycles. The number of primary amides is 1. The number of benzene rings is 3. The van der Waals surface area contributed by atoms with Crippen molar-refractivity contribution in [1.82, 2.24) is 4.90 Å². The van der Waals surface area contributed by atoms with Crippen molar-refractivity contribution in [2.45, 2.75) is 65.2 Å². The van der Waals surface area contributed by atoms with Gasteiger partial charge in [0.25, 0.3) is 5.91 Å². The van der Waals surface area contributed by atoms with E-state index in [-0.39, 0.29) is 35.7 Å². The zero-order valence-electron chi connectivity index (χ0n) is 29.4. The molecule has 6 heteroatoms. The van der Waals surface area contributed by atoms with Gasteiger partial charge >= 0.3 is 0 Å². The second-order valence-corrected chi connectivity index (χ2v) is 13.6. The van der Waals surface area contributed by atoms with Gasteiger partial charge in [0, 0.05) is 48.6 Å². The van der Waals surface area contributed by atoms with Crippen LogP contribution in [0.25, 0.3) is 0 Å². The Morgan fingerprint density at radius 1 is 0.851 bits per heavy atom. The first-order chi connectivity index (χ1) is 22.3. The Labute approximate surface area is 281 Å². The van der Waals surface area contributed by atoms with E-state index in [9.17, 15) is 9.59 Å². The summed E-state index contributed by atoms with van der Waals surface area (Å²) in [5.74, 6) is -0.325. The molecule has 246 valence electrons. The van der Waals surface area contributed by atoms with Crippen LogP contribution in [-0.2, 0) is 26.8 Å². The molecule has 5 rings (SSSR count). The molecule has 2 N–H and O–H groups in total. The number of allylic oxidation sites excluding steroid dienone is 6. The van der Waals surface area contributed by atoms with E-state index in [1.54, 1.807) is 19.0 Å². The summed E-state index contributed by atoms with van der Waals surface area (Å²) in [5, 5.41) is 0. The van der Waals surface area contributed by atoms with Crippen LogP contribution in [0.3, 0.4) is 0 Å². The fraction of sp³-hybridized carbons (Fsp3) is 0.341. The summed E-state index contributed by atoms with van der Waals surface area (Å²) in [5.41, 5.74) is 14.0. The highest BCUT2D eigenvalue weighted by Crippen LogP contribution is 2.47. The fourth-order valence-corrected chi connectivity index (χ4v) is 6.43. The van der Waals surface area contributed by atoms with Crippen molar-refractivity contribution < 1.29 is 14.2 Å². The van der Waals surface area contributed by atoms with Crippen molar-refractivity contribution in [1.29, 1.82) is 0 Å². The highest BCUT2D eigenvalue weighted by molar-refractivity contribution is 6.03. The van der Waals surface area contributed by atoms with E-state index in [2.05, 4.69) is 125 Å². The molecule has 2 amide bonds. The maximum absolute atomic E-state index is 12.9. The molecule has 0 fully saturated rings. The Morgan fingerprint density at radius 2 is 1.45 bits per heavy atom. The van der Waals surface area contributed by atoms with Gasteiger partial charge in [0.15, 0.2) is 5.71 Å². The van der Waals surface area contributed by atoms with Gasteiger partial charge < -0.3 is 15.5 Å². The standard InChI is InChI=1S/C38H42N4O2.C3H8/c1-37(2)29-16-10-12-18-31(29)41(25-35(39)43)33(37)22-20-28(24-27-14-8-7-9-15-27)21-23-34-38(3,4)30-17-11-13-19-32(30)42(34)26-36(44)40(5)6;1-3-2/h7-23H,24-26H2,1-6H3,(H-,39,43);3H2,1-2H3/p+1. The number of fused-ring (bicyclic) bond motifs is 2. The molecule has 0 aliphatic carbocycles. The Balaban J connectivity index is 0.00000160. The van der Waals surface area contributed by atoms with E-state index >= 15 is 0 Å². The molecule has 0 unspecified atom stereocenters. The Bertz CT molecular complexity index is 1720. The maximum atomic E-state index is 12.9. The highest BCUT2D eigenvalue weighted by Gasteiger charge is 2.44. The number of rotatable bonds is 9. The molecule has 0 radical (unpaired) electrons. The van der Waals surface area contributed by atoms with Gasteiger partial charge in [-0.2, -0.15) is 4.58 Å². The average molecular weight is 632 g/mol. The summed E-state index contributed by atoms with van der Waals surface area (Å²) in [6.07, 6.45) is 10.6. The number of para-hydroxylation sites is 2. The van der Waals surface area contributed by atoms with Crippen LogP contribution in [0.15, 0.2) is 114 Å². The molecule has 0 saturated heterocycles. The van der Waals surface area contributed by atoms with Gasteiger partial charge in [0.2, 0.25) is 18.1 Å². The second kappa shape index (κ2) is 14.8. The Morgan fingerprint density at radius 3 is 2.09 bits per heavy atom. The zero-order valence-corrected chi connectivity index (χ0v) is 29.4. The van der Waals surface area contributed by atoms with E-state index in [1.807, 2.05) is 28.8 Å².